The minimum absolute atomic E-state index is 0.0493. The summed E-state index contributed by atoms with van der Waals surface area (Å²) in [5.41, 5.74) is 0. The molecule has 1 heterocycles. The fraction of sp³-hybridized carbons (Fsp3) is 0.917. The second kappa shape index (κ2) is 7.21. The summed E-state index contributed by atoms with van der Waals surface area (Å²) in [5.74, 6) is -0.185. The minimum Gasteiger partial charge on any atom is -0.342 e. The van der Waals surface area contributed by atoms with Crippen LogP contribution in [0, 0.1) is 5.92 Å². The lowest BCUT2D eigenvalue weighted by Crippen LogP contribution is -2.31. The van der Waals surface area contributed by atoms with E-state index in [9.17, 15) is 13.2 Å². The van der Waals surface area contributed by atoms with E-state index in [1.165, 1.54) is 0 Å². The first kappa shape index (κ1) is 16.4. The Labute approximate surface area is 116 Å². The topological polar surface area (TPSA) is 83.7 Å². The average Bonchev–Trinajstić information content (AvgIpc) is 2.62. The molecule has 112 valence electrons. The molecule has 1 aliphatic heterocycles. The van der Waals surface area contributed by atoms with Crippen molar-refractivity contribution in [2.45, 2.75) is 26.7 Å². The van der Waals surface area contributed by atoms with Crippen LogP contribution in [0.1, 0.15) is 26.7 Å². The van der Waals surface area contributed by atoms with Gasteiger partial charge in [0.1, 0.15) is 0 Å². The van der Waals surface area contributed by atoms with Crippen molar-refractivity contribution in [1.82, 2.24) is 9.80 Å². The fourth-order valence-electron chi connectivity index (χ4n) is 2.54. The number of nitrogens with zero attached hydrogens (tertiary/aromatic N) is 2. The summed E-state index contributed by atoms with van der Waals surface area (Å²) in [6.07, 6.45) is 1.23. The van der Waals surface area contributed by atoms with E-state index in [1.807, 2.05) is 0 Å². The van der Waals surface area contributed by atoms with Crippen molar-refractivity contribution in [3.63, 3.8) is 0 Å². The summed E-state index contributed by atoms with van der Waals surface area (Å²) in [6.45, 7) is 8.46. The van der Waals surface area contributed by atoms with Gasteiger partial charge >= 0.3 is 0 Å². The molecule has 1 fully saturated rings. The number of likely N-dealkylation sites (tertiary alicyclic amines) is 1. The quantitative estimate of drug-likeness (QED) is 0.674. The summed E-state index contributed by atoms with van der Waals surface area (Å²) >= 11 is 0. The molecule has 19 heavy (non-hydrogen) atoms. The van der Waals surface area contributed by atoms with Crippen LogP contribution in [0.3, 0.4) is 0 Å². The molecule has 0 radical (unpaired) electrons. The van der Waals surface area contributed by atoms with Gasteiger partial charge in [0, 0.05) is 25.4 Å². The van der Waals surface area contributed by atoms with Crippen LogP contribution in [0.5, 0.6) is 0 Å². The molecule has 1 rings (SSSR count). The van der Waals surface area contributed by atoms with E-state index < -0.39 is 10.0 Å². The van der Waals surface area contributed by atoms with E-state index in [0.717, 1.165) is 26.1 Å². The summed E-state index contributed by atoms with van der Waals surface area (Å²) in [7, 11) is -3.48. The summed E-state index contributed by atoms with van der Waals surface area (Å²) in [6, 6.07) is 0. The molecule has 2 N–H and O–H groups in total. The van der Waals surface area contributed by atoms with Crippen LogP contribution < -0.4 is 5.14 Å². The lowest BCUT2D eigenvalue weighted by Gasteiger charge is -2.21. The van der Waals surface area contributed by atoms with E-state index >= 15 is 0 Å². The van der Waals surface area contributed by atoms with Gasteiger partial charge in [0.2, 0.25) is 15.9 Å². The highest BCUT2D eigenvalue weighted by molar-refractivity contribution is 7.89. The Hall–Kier alpha value is -0.660. The number of sulfonamides is 1. The minimum atomic E-state index is -3.48. The number of carbonyl (C=O) groups is 1. The Kier molecular flexibility index (Phi) is 6.22. The smallest absolute Gasteiger partial charge is 0.222 e. The Bertz CT molecular complexity index is 393. The van der Waals surface area contributed by atoms with Gasteiger partial charge in [-0.1, -0.05) is 13.8 Å². The second-order valence-corrected chi connectivity index (χ2v) is 6.78. The summed E-state index contributed by atoms with van der Waals surface area (Å²) in [4.78, 5) is 15.8. The Balaban J connectivity index is 2.34. The average molecular weight is 291 g/mol. The summed E-state index contributed by atoms with van der Waals surface area (Å²) < 4.78 is 22.0. The van der Waals surface area contributed by atoms with Crippen molar-refractivity contribution in [1.29, 1.82) is 0 Å². The Morgan fingerprint density at radius 1 is 1.37 bits per heavy atom. The van der Waals surface area contributed by atoms with Crippen molar-refractivity contribution in [2.75, 3.05) is 38.5 Å². The highest BCUT2D eigenvalue weighted by atomic mass is 32.2. The van der Waals surface area contributed by atoms with Gasteiger partial charge < -0.3 is 9.80 Å². The molecule has 7 heteroatoms. The molecule has 1 atom stereocenters. The van der Waals surface area contributed by atoms with Crippen molar-refractivity contribution in [2.24, 2.45) is 11.1 Å². The zero-order chi connectivity index (χ0) is 14.5. The SMILES string of the molecule is CCN(CC)CCCN1CC(CS(N)(=O)=O)CC1=O. The van der Waals surface area contributed by atoms with Gasteiger partial charge in [-0.05, 0) is 26.1 Å². The van der Waals surface area contributed by atoms with Crippen molar-refractivity contribution in [3.8, 4) is 0 Å². The molecule has 0 aromatic rings. The normalized spacial score (nSPS) is 20.5. The van der Waals surface area contributed by atoms with Gasteiger partial charge in [0.15, 0.2) is 0 Å². The molecule has 6 nitrogen and oxygen atoms in total. The molecule has 0 aromatic heterocycles. The molecule has 1 unspecified atom stereocenters. The lowest BCUT2D eigenvalue weighted by atomic mass is 10.1. The molecular weight excluding hydrogens is 266 g/mol. The van der Waals surface area contributed by atoms with Crippen LogP contribution in [-0.2, 0) is 14.8 Å². The third-order valence-electron chi connectivity index (χ3n) is 3.56. The van der Waals surface area contributed by atoms with E-state index in [1.54, 1.807) is 4.90 Å². The van der Waals surface area contributed by atoms with Crippen molar-refractivity contribution < 1.29 is 13.2 Å². The highest BCUT2D eigenvalue weighted by Crippen LogP contribution is 2.19. The Morgan fingerprint density at radius 3 is 2.53 bits per heavy atom. The standard InChI is InChI=1S/C12H25N3O3S/c1-3-14(4-2)6-5-7-15-9-11(8-12(15)16)10-19(13,17)18/h11H,3-10H2,1-2H3,(H2,13,17,18). The maximum Gasteiger partial charge on any atom is 0.222 e. The van der Waals surface area contributed by atoms with Gasteiger partial charge in [0.25, 0.3) is 0 Å². The predicted octanol–water partition coefficient (Wildman–Crippen LogP) is -0.145. The number of amides is 1. The van der Waals surface area contributed by atoms with Crippen LogP contribution in [0.2, 0.25) is 0 Å². The van der Waals surface area contributed by atoms with Gasteiger partial charge in [-0.25, -0.2) is 13.6 Å². The van der Waals surface area contributed by atoms with Crippen molar-refractivity contribution in [3.05, 3.63) is 0 Å². The molecule has 1 saturated heterocycles. The fourth-order valence-corrected chi connectivity index (χ4v) is 3.42. The monoisotopic (exact) mass is 291 g/mol. The van der Waals surface area contributed by atoms with Crippen LogP contribution >= 0.6 is 0 Å². The zero-order valence-corrected chi connectivity index (χ0v) is 12.7. The first-order valence-corrected chi connectivity index (χ1v) is 8.57. The summed E-state index contributed by atoms with van der Waals surface area (Å²) in [5, 5.41) is 5.02. The van der Waals surface area contributed by atoms with Crippen LogP contribution in [-0.4, -0.2) is 62.6 Å². The largest absolute Gasteiger partial charge is 0.342 e. The highest BCUT2D eigenvalue weighted by Gasteiger charge is 2.31. The number of carbonyl (C=O) groups excluding carboxylic acids is 1. The van der Waals surface area contributed by atoms with E-state index in [2.05, 4.69) is 18.7 Å². The molecule has 0 aromatic carbocycles. The molecule has 0 spiro atoms. The number of rotatable bonds is 8. The molecule has 0 aliphatic carbocycles. The van der Waals surface area contributed by atoms with Gasteiger partial charge in [-0.15, -0.1) is 0 Å². The maximum atomic E-state index is 11.8. The molecular formula is C12H25N3O3S. The van der Waals surface area contributed by atoms with Gasteiger partial charge in [0.05, 0.1) is 5.75 Å². The molecule has 0 saturated carbocycles. The molecule has 1 aliphatic rings. The van der Waals surface area contributed by atoms with Crippen LogP contribution in [0.25, 0.3) is 0 Å². The van der Waals surface area contributed by atoms with E-state index in [0.29, 0.717) is 19.5 Å². The van der Waals surface area contributed by atoms with Crippen molar-refractivity contribution >= 4 is 15.9 Å². The first-order valence-electron chi connectivity index (χ1n) is 6.86. The van der Waals surface area contributed by atoms with Gasteiger partial charge in [-0.2, -0.15) is 0 Å². The molecule has 0 bridgehead atoms. The lowest BCUT2D eigenvalue weighted by molar-refractivity contribution is -0.127. The van der Waals surface area contributed by atoms with Gasteiger partial charge in [-0.3, -0.25) is 4.79 Å². The third kappa shape index (κ3) is 5.88. The Morgan fingerprint density at radius 2 is 2.00 bits per heavy atom. The van der Waals surface area contributed by atoms with E-state index in [4.69, 9.17) is 5.14 Å². The first-order chi connectivity index (χ1) is 8.85. The predicted molar refractivity (Wildman–Crippen MR) is 75.1 cm³/mol. The number of hydrogen-bond acceptors (Lipinski definition) is 4. The third-order valence-corrected chi connectivity index (χ3v) is 4.50. The van der Waals surface area contributed by atoms with E-state index in [-0.39, 0.29) is 17.6 Å². The molecule has 1 amide bonds. The number of hydrogen-bond donors (Lipinski definition) is 1. The maximum absolute atomic E-state index is 11.8. The van der Waals surface area contributed by atoms with Crippen LogP contribution in [0.4, 0.5) is 0 Å². The van der Waals surface area contributed by atoms with Crippen LogP contribution in [0.15, 0.2) is 0 Å². The zero-order valence-electron chi connectivity index (χ0n) is 11.8. The second-order valence-electron chi connectivity index (χ2n) is 5.12. The number of primary sulfonamides is 1. The number of nitrogens with two attached hydrogens (primary N) is 1.